The molecule has 0 aromatic heterocycles. The van der Waals surface area contributed by atoms with Gasteiger partial charge in [-0.2, -0.15) is 0 Å². The van der Waals surface area contributed by atoms with Crippen molar-refractivity contribution in [2.75, 3.05) is 13.2 Å². The van der Waals surface area contributed by atoms with Crippen LogP contribution >= 0.6 is 0 Å². The number of benzene rings is 1. The van der Waals surface area contributed by atoms with Gasteiger partial charge in [0.25, 0.3) is 0 Å². The first-order valence-corrected chi connectivity index (χ1v) is 5.54. The van der Waals surface area contributed by atoms with Gasteiger partial charge in [0, 0.05) is 0 Å². The van der Waals surface area contributed by atoms with Crippen molar-refractivity contribution in [1.82, 2.24) is 0 Å². The molecular formula is C13H17NO2. The van der Waals surface area contributed by atoms with Gasteiger partial charge in [0.05, 0.1) is 13.2 Å². The van der Waals surface area contributed by atoms with Gasteiger partial charge in [-0.1, -0.05) is 12.1 Å². The summed E-state index contributed by atoms with van der Waals surface area (Å²) in [5, 5.41) is 0. The molecule has 0 bridgehead atoms. The first-order chi connectivity index (χ1) is 7.77. The summed E-state index contributed by atoms with van der Waals surface area (Å²) in [6.45, 7) is 5.26. The van der Waals surface area contributed by atoms with Gasteiger partial charge >= 0.3 is 0 Å². The lowest BCUT2D eigenvalue weighted by atomic mass is 10.1. The minimum absolute atomic E-state index is 0.551. The van der Waals surface area contributed by atoms with Crippen LogP contribution in [-0.4, -0.2) is 19.2 Å². The third-order valence-corrected chi connectivity index (χ3v) is 2.34. The van der Waals surface area contributed by atoms with Crippen molar-refractivity contribution in [3.8, 4) is 5.75 Å². The summed E-state index contributed by atoms with van der Waals surface area (Å²) in [6.07, 6.45) is 3.35. The largest absolute Gasteiger partial charge is 0.494 e. The Morgan fingerprint density at radius 3 is 2.88 bits per heavy atom. The standard InChI is InChI=1S/C13H17NO2/c1-3-16-13-7-6-12(9-11(13)2)5-4-8-14-10-15/h6-7,9H,3-5,8H2,1-2H3. The van der Waals surface area contributed by atoms with E-state index in [0.29, 0.717) is 13.2 Å². The van der Waals surface area contributed by atoms with E-state index in [0.717, 1.165) is 24.2 Å². The zero-order valence-electron chi connectivity index (χ0n) is 9.82. The van der Waals surface area contributed by atoms with Crippen LogP contribution in [0.5, 0.6) is 5.75 Å². The molecule has 16 heavy (non-hydrogen) atoms. The number of nitrogens with zero attached hydrogens (tertiary/aromatic N) is 1. The van der Waals surface area contributed by atoms with Crippen molar-refractivity contribution in [1.29, 1.82) is 0 Å². The zero-order valence-corrected chi connectivity index (χ0v) is 9.82. The second-order valence-corrected chi connectivity index (χ2v) is 3.61. The average Bonchev–Trinajstić information content (AvgIpc) is 2.28. The number of isocyanates is 1. The number of hydrogen-bond acceptors (Lipinski definition) is 3. The molecule has 3 heteroatoms. The van der Waals surface area contributed by atoms with Crippen molar-refractivity contribution < 1.29 is 9.53 Å². The molecule has 0 aliphatic carbocycles. The van der Waals surface area contributed by atoms with Gasteiger partial charge in [0.15, 0.2) is 0 Å². The molecule has 0 saturated heterocycles. The molecule has 0 N–H and O–H groups in total. The molecule has 0 aliphatic rings. The van der Waals surface area contributed by atoms with E-state index in [2.05, 4.69) is 17.1 Å². The highest BCUT2D eigenvalue weighted by atomic mass is 16.5. The Kier molecular flexibility index (Phi) is 5.30. The first kappa shape index (κ1) is 12.5. The lowest BCUT2D eigenvalue weighted by Gasteiger charge is -2.08. The number of carbonyl (C=O) groups excluding carboxylic acids is 1. The van der Waals surface area contributed by atoms with Gasteiger partial charge in [0.1, 0.15) is 5.75 Å². The number of ether oxygens (including phenoxy) is 1. The van der Waals surface area contributed by atoms with E-state index < -0.39 is 0 Å². The number of hydrogen-bond donors (Lipinski definition) is 0. The summed E-state index contributed by atoms with van der Waals surface area (Å²) >= 11 is 0. The molecule has 1 rings (SSSR count). The molecule has 86 valence electrons. The van der Waals surface area contributed by atoms with Crippen molar-refractivity contribution in [2.24, 2.45) is 4.99 Å². The molecule has 0 spiro atoms. The van der Waals surface area contributed by atoms with Gasteiger partial charge in [-0.15, -0.1) is 0 Å². The smallest absolute Gasteiger partial charge is 0.234 e. The molecule has 0 radical (unpaired) electrons. The third kappa shape index (κ3) is 3.87. The van der Waals surface area contributed by atoms with Gasteiger partial charge in [-0.05, 0) is 43.9 Å². The molecule has 1 aromatic carbocycles. The molecule has 3 nitrogen and oxygen atoms in total. The first-order valence-electron chi connectivity index (χ1n) is 5.54. The van der Waals surface area contributed by atoms with E-state index >= 15 is 0 Å². The molecule has 0 heterocycles. The Hall–Kier alpha value is -1.60. The van der Waals surface area contributed by atoms with E-state index in [1.165, 1.54) is 5.56 Å². The van der Waals surface area contributed by atoms with Crippen LogP contribution in [0.15, 0.2) is 23.2 Å². The molecule has 0 atom stereocenters. The van der Waals surface area contributed by atoms with Crippen molar-refractivity contribution in [3.63, 3.8) is 0 Å². The normalized spacial score (nSPS) is 9.62. The molecule has 0 fully saturated rings. The van der Waals surface area contributed by atoms with E-state index in [-0.39, 0.29) is 0 Å². The molecule has 0 unspecified atom stereocenters. The number of rotatable bonds is 6. The molecular weight excluding hydrogens is 202 g/mol. The fourth-order valence-corrected chi connectivity index (χ4v) is 1.59. The van der Waals surface area contributed by atoms with Gasteiger partial charge in [-0.3, -0.25) is 0 Å². The quantitative estimate of drug-likeness (QED) is 0.419. The van der Waals surface area contributed by atoms with E-state index in [9.17, 15) is 4.79 Å². The Morgan fingerprint density at radius 2 is 2.25 bits per heavy atom. The lowest BCUT2D eigenvalue weighted by molar-refractivity contribution is 0.338. The monoisotopic (exact) mass is 219 g/mol. The molecule has 0 saturated carbocycles. The fraction of sp³-hybridized carbons (Fsp3) is 0.462. The van der Waals surface area contributed by atoms with Gasteiger partial charge < -0.3 is 4.74 Å². The Bertz CT molecular complexity index is 382. The summed E-state index contributed by atoms with van der Waals surface area (Å²) in [5.74, 6) is 0.942. The fourth-order valence-electron chi connectivity index (χ4n) is 1.59. The SMILES string of the molecule is CCOc1ccc(CCCN=C=O)cc1C. The highest BCUT2D eigenvalue weighted by molar-refractivity contribution is 5.36. The molecule has 0 aliphatic heterocycles. The predicted molar refractivity (Wildman–Crippen MR) is 63.7 cm³/mol. The van der Waals surface area contributed by atoms with Crippen LogP contribution in [-0.2, 0) is 11.2 Å². The maximum atomic E-state index is 9.88. The summed E-state index contributed by atoms with van der Waals surface area (Å²) in [4.78, 5) is 13.4. The highest BCUT2D eigenvalue weighted by Crippen LogP contribution is 2.19. The number of aryl methyl sites for hydroxylation is 2. The minimum atomic E-state index is 0.551. The van der Waals surface area contributed by atoms with Crippen LogP contribution in [0.25, 0.3) is 0 Å². The maximum Gasteiger partial charge on any atom is 0.234 e. The topological polar surface area (TPSA) is 38.7 Å². The summed E-state index contributed by atoms with van der Waals surface area (Å²) in [5.41, 5.74) is 2.40. The van der Waals surface area contributed by atoms with Crippen LogP contribution in [0.4, 0.5) is 0 Å². The van der Waals surface area contributed by atoms with E-state index in [1.807, 2.05) is 19.9 Å². The van der Waals surface area contributed by atoms with Crippen molar-refractivity contribution >= 4 is 6.08 Å². The van der Waals surface area contributed by atoms with Crippen LogP contribution < -0.4 is 4.74 Å². The highest BCUT2D eigenvalue weighted by Gasteiger charge is 2.00. The second kappa shape index (κ2) is 6.81. The lowest BCUT2D eigenvalue weighted by Crippen LogP contribution is -1.95. The Labute approximate surface area is 96.2 Å². The summed E-state index contributed by atoms with van der Waals surface area (Å²) in [6, 6.07) is 6.18. The summed E-state index contributed by atoms with van der Waals surface area (Å²) < 4.78 is 5.46. The molecule has 1 aromatic rings. The van der Waals surface area contributed by atoms with Gasteiger partial charge in [-0.25, -0.2) is 9.79 Å². The number of aliphatic imine (C=N–C) groups is 1. The van der Waals surface area contributed by atoms with Crippen LogP contribution in [0, 0.1) is 6.92 Å². The summed E-state index contributed by atoms with van der Waals surface area (Å²) in [7, 11) is 0. The van der Waals surface area contributed by atoms with Crippen LogP contribution in [0.3, 0.4) is 0 Å². The van der Waals surface area contributed by atoms with Crippen molar-refractivity contribution in [2.45, 2.75) is 26.7 Å². The van der Waals surface area contributed by atoms with Crippen LogP contribution in [0.2, 0.25) is 0 Å². The van der Waals surface area contributed by atoms with E-state index in [1.54, 1.807) is 6.08 Å². The third-order valence-electron chi connectivity index (χ3n) is 2.34. The molecule has 0 amide bonds. The minimum Gasteiger partial charge on any atom is -0.494 e. The van der Waals surface area contributed by atoms with Crippen LogP contribution in [0.1, 0.15) is 24.5 Å². The Balaban J connectivity index is 2.55. The zero-order chi connectivity index (χ0) is 11.8. The average molecular weight is 219 g/mol. The van der Waals surface area contributed by atoms with E-state index in [4.69, 9.17) is 4.74 Å². The second-order valence-electron chi connectivity index (χ2n) is 3.61. The maximum absolute atomic E-state index is 9.88. The Morgan fingerprint density at radius 1 is 1.44 bits per heavy atom. The van der Waals surface area contributed by atoms with Gasteiger partial charge in [0.2, 0.25) is 6.08 Å². The van der Waals surface area contributed by atoms with Crippen molar-refractivity contribution in [3.05, 3.63) is 29.3 Å². The predicted octanol–water partition coefficient (Wildman–Crippen LogP) is 2.66.